The lowest BCUT2D eigenvalue weighted by atomic mass is 9.62. The van der Waals surface area contributed by atoms with Crippen molar-refractivity contribution in [1.82, 2.24) is 9.97 Å². The highest BCUT2D eigenvalue weighted by Crippen LogP contribution is 2.57. The molecule has 2 atom stereocenters. The highest BCUT2D eigenvalue weighted by atomic mass is 19.4. The maximum absolute atomic E-state index is 14.4. The van der Waals surface area contributed by atoms with Crippen LogP contribution >= 0.6 is 0 Å². The molecule has 9 heteroatoms. The fourth-order valence-corrected chi connectivity index (χ4v) is 5.09. The molecule has 0 fully saturated rings. The number of fused-ring (bicyclic) bond motifs is 2. The fourth-order valence-electron chi connectivity index (χ4n) is 5.09. The Labute approximate surface area is 194 Å². The average Bonchev–Trinajstić information content (AvgIpc) is 2.68. The molecule has 1 aliphatic carbocycles. The molecule has 0 saturated heterocycles. The zero-order valence-corrected chi connectivity index (χ0v) is 19.5. The van der Waals surface area contributed by atoms with Crippen LogP contribution in [0.3, 0.4) is 0 Å². The van der Waals surface area contributed by atoms with Crippen molar-refractivity contribution in [2.75, 3.05) is 5.32 Å². The number of rotatable bonds is 3. The SMILES string of the molecule is Cc1ncc2c(NC3c4ccc(C(C)C)c(O)c4C(C)(C)CC3(O)C(F)(F)F)cc(F)cc2n1. The minimum Gasteiger partial charge on any atom is -0.507 e. The first kappa shape index (κ1) is 24.2. The number of halogens is 4. The first-order chi connectivity index (χ1) is 15.7. The number of phenols is 1. The second kappa shape index (κ2) is 7.80. The molecule has 0 aliphatic heterocycles. The lowest BCUT2D eigenvalue weighted by molar-refractivity contribution is -0.275. The Morgan fingerprint density at radius 2 is 1.85 bits per heavy atom. The summed E-state index contributed by atoms with van der Waals surface area (Å²) in [6, 6.07) is 3.58. The van der Waals surface area contributed by atoms with Crippen LogP contribution < -0.4 is 5.32 Å². The molecule has 0 bridgehead atoms. The van der Waals surface area contributed by atoms with E-state index in [0.29, 0.717) is 22.3 Å². The van der Waals surface area contributed by atoms with Crippen molar-refractivity contribution in [3.8, 4) is 5.75 Å². The third kappa shape index (κ3) is 3.76. The molecule has 1 aromatic heterocycles. The molecule has 0 saturated carbocycles. The topological polar surface area (TPSA) is 78.3 Å². The third-order valence-corrected chi connectivity index (χ3v) is 6.62. The van der Waals surface area contributed by atoms with Gasteiger partial charge in [-0.15, -0.1) is 0 Å². The number of aromatic hydroxyl groups is 1. The van der Waals surface area contributed by atoms with Gasteiger partial charge >= 0.3 is 6.18 Å². The van der Waals surface area contributed by atoms with E-state index in [1.165, 1.54) is 18.3 Å². The molecule has 3 aromatic rings. The first-order valence-electron chi connectivity index (χ1n) is 11.0. The highest BCUT2D eigenvalue weighted by molar-refractivity contribution is 5.91. The van der Waals surface area contributed by atoms with Gasteiger partial charge in [-0.1, -0.05) is 39.8 Å². The predicted molar refractivity (Wildman–Crippen MR) is 121 cm³/mol. The van der Waals surface area contributed by atoms with Crippen LogP contribution in [-0.4, -0.2) is 32.0 Å². The largest absolute Gasteiger partial charge is 0.507 e. The number of aryl methyl sites for hydroxylation is 1. The van der Waals surface area contributed by atoms with E-state index >= 15 is 0 Å². The van der Waals surface area contributed by atoms with Gasteiger partial charge in [0.1, 0.15) is 17.4 Å². The molecule has 4 rings (SSSR count). The maximum Gasteiger partial charge on any atom is 0.419 e. The molecular formula is C25H27F4N3O2. The number of alkyl halides is 3. The molecular weight excluding hydrogens is 450 g/mol. The highest BCUT2D eigenvalue weighted by Gasteiger charge is 2.64. The lowest BCUT2D eigenvalue weighted by Gasteiger charge is -2.49. The van der Waals surface area contributed by atoms with Gasteiger partial charge in [0.25, 0.3) is 0 Å². The average molecular weight is 478 g/mol. The summed E-state index contributed by atoms with van der Waals surface area (Å²) in [5, 5.41) is 25.3. The molecule has 5 nitrogen and oxygen atoms in total. The zero-order valence-electron chi connectivity index (χ0n) is 19.5. The van der Waals surface area contributed by atoms with Crippen LogP contribution in [0.5, 0.6) is 5.75 Å². The van der Waals surface area contributed by atoms with Gasteiger partial charge in [-0.05, 0) is 41.9 Å². The molecule has 0 amide bonds. The van der Waals surface area contributed by atoms with Crippen LogP contribution in [0.4, 0.5) is 23.2 Å². The molecule has 2 aromatic carbocycles. The Balaban J connectivity index is 1.98. The Kier molecular flexibility index (Phi) is 5.55. The number of anilines is 1. The third-order valence-electron chi connectivity index (χ3n) is 6.62. The van der Waals surface area contributed by atoms with E-state index in [2.05, 4.69) is 15.3 Å². The number of hydrogen-bond donors (Lipinski definition) is 3. The zero-order chi connectivity index (χ0) is 25.2. The predicted octanol–water partition coefficient (Wildman–Crippen LogP) is 6.03. The van der Waals surface area contributed by atoms with E-state index in [4.69, 9.17) is 0 Å². The van der Waals surface area contributed by atoms with E-state index in [1.807, 2.05) is 13.8 Å². The summed E-state index contributed by atoms with van der Waals surface area (Å²) in [5.41, 5.74) is -3.12. The van der Waals surface area contributed by atoms with Crippen molar-refractivity contribution in [3.05, 3.63) is 58.8 Å². The molecule has 1 heterocycles. The van der Waals surface area contributed by atoms with E-state index in [1.54, 1.807) is 26.8 Å². The first-order valence-corrected chi connectivity index (χ1v) is 11.0. The van der Waals surface area contributed by atoms with Crippen molar-refractivity contribution in [3.63, 3.8) is 0 Å². The normalized spacial score (nSPS) is 22.1. The van der Waals surface area contributed by atoms with Gasteiger partial charge in [0.05, 0.1) is 11.6 Å². The Morgan fingerprint density at radius 1 is 1.18 bits per heavy atom. The van der Waals surface area contributed by atoms with Crippen LogP contribution in [0, 0.1) is 12.7 Å². The van der Waals surface area contributed by atoms with Crippen LogP contribution in [0.15, 0.2) is 30.5 Å². The number of nitrogens with zero attached hydrogens (tertiary/aromatic N) is 2. The second-order valence-corrected chi connectivity index (χ2v) is 9.99. The van der Waals surface area contributed by atoms with Gasteiger partial charge < -0.3 is 15.5 Å². The summed E-state index contributed by atoms with van der Waals surface area (Å²) in [6.07, 6.45) is -4.31. The number of nitrogens with one attached hydrogen (secondary N) is 1. The smallest absolute Gasteiger partial charge is 0.419 e. The summed E-state index contributed by atoms with van der Waals surface area (Å²) in [5.74, 6) is -0.468. The van der Waals surface area contributed by atoms with Crippen LogP contribution in [0.2, 0.25) is 0 Å². The number of aliphatic hydroxyl groups is 1. The van der Waals surface area contributed by atoms with Crippen molar-refractivity contribution >= 4 is 16.6 Å². The van der Waals surface area contributed by atoms with Crippen LogP contribution in [0.1, 0.15) is 68.6 Å². The van der Waals surface area contributed by atoms with Crippen LogP contribution in [0.25, 0.3) is 10.9 Å². The van der Waals surface area contributed by atoms with Crippen molar-refractivity contribution in [2.24, 2.45) is 0 Å². The Bertz CT molecular complexity index is 1270. The Morgan fingerprint density at radius 3 is 2.47 bits per heavy atom. The second-order valence-electron chi connectivity index (χ2n) is 9.99. The molecule has 182 valence electrons. The van der Waals surface area contributed by atoms with Gasteiger partial charge in [-0.3, -0.25) is 0 Å². The number of phenolic OH excluding ortho intramolecular Hbond substituents is 1. The molecule has 34 heavy (non-hydrogen) atoms. The van der Waals surface area contributed by atoms with Gasteiger partial charge in [-0.2, -0.15) is 13.2 Å². The van der Waals surface area contributed by atoms with Gasteiger partial charge in [0, 0.05) is 28.9 Å². The van der Waals surface area contributed by atoms with Gasteiger partial charge in [-0.25, -0.2) is 14.4 Å². The van der Waals surface area contributed by atoms with Crippen molar-refractivity contribution in [1.29, 1.82) is 0 Å². The van der Waals surface area contributed by atoms with Gasteiger partial charge in [0.15, 0.2) is 5.60 Å². The monoisotopic (exact) mass is 477 g/mol. The fraction of sp³-hybridized carbons (Fsp3) is 0.440. The van der Waals surface area contributed by atoms with E-state index in [0.717, 1.165) is 6.07 Å². The van der Waals surface area contributed by atoms with Crippen LogP contribution in [-0.2, 0) is 5.41 Å². The Hall–Kier alpha value is -2.94. The number of aromatic nitrogens is 2. The molecule has 0 spiro atoms. The van der Waals surface area contributed by atoms with Crippen molar-refractivity contribution in [2.45, 2.75) is 70.2 Å². The minimum atomic E-state index is -5.01. The molecule has 3 N–H and O–H groups in total. The van der Waals surface area contributed by atoms with E-state index < -0.39 is 35.5 Å². The van der Waals surface area contributed by atoms with Gasteiger partial charge in [0.2, 0.25) is 0 Å². The minimum absolute atomic E-state index is 0.0146. The van der Waals surface area contributed by atoms with E-state index in [-0.39, 0.29) is 28.4 Å². The summed E-state index contributed by atoms with van der Waals surface area (Å²) in [6.45, 7) is 8.50. The van der Waals surface area contributed by atoms with E-state index in [9.17, 15) is 27.8 Å². The van der Waals surface area contributed by atoms with Crippen molar-refractivity contribution < 1.29 is 27.8 Å². The molecule has 2 unspecified atom stereocenters. The lowest BCUT2D eigenvalue weighted by Crippen LogP contribution is -2.58. The standard InChI is InChI=1S/C25H27F4N3O2/c1-12(2)15-6-7-16-20(21(15)33)23(4,5)11-24(34,25(27,28)29)22(16)32-19-9-14(26)8-18-17(19)10-30-13(3)31-18/h6-10,12,22,32-34H,11H2,1-5H3. The molecule has 1 aliphatic rings. The summed E-state index contributed by atoms with van der Waals surface area (Å²) >= 11 is 0. The number of hydrogen-bond acceptors (Lipinski definition) is 5. The molecule has 0 radical (unpaired) electrons. The number of benzene rings is 2. The summed E-state index contributed by atoms with van der Waals surface area (Å²) in [7, 11) is 0. The quantitative estimate of drug-likeness (QED) is 0.401. The maximum atomic E-state index is 14.4. The summed E-state index contributed by atoms with van der Waals surface area (Å²) < 4.78 is 57.7. The summed E-state index contributed by atoms with van der Waals surface area (Å²) in [4.78, 5) is 8.26.